The third-order valence-electron chi connectivity index (χ3n) is 4.58. The summed E-state index contributed by atoms with van der Waals surface area (Å²) in [5.74, 6) is -1.01. The molecule has 7 heteroatoms. The zero-order chi connectivity index (χ0) is 18.3. The van der Waals surface area contributed by atoms with Gasteiger partial charge in [-0.05, 0) is 18.2 Å². The minimum absolute atomic E-state index is 0.00299. The topological polar surface area (TPSA) is 104 Å². The number of likely N-dealkylation sites (tertiary alicyclic amines) is 1. The van der Waals surface area contributed by atoms with Gasteiger partial charge in [0, 0.05) is 24.1 Å². The maximum atomic E-state index is 12.8. The van der Waals surface area contributed by atoms with Gasteiger partial charge in [0.25, 0.3) is 5.91 Å². The molecule has 3 aromatic rings. The first-order chi connectivity index (χ1) is 12.5. The van der Waals surface area contributed by atoms with Gasteiger partial charge in [-0.3, -0.25) is 4.79 Å². The van der Waals surface area contributed by atoms with E-state index in [9.17, 15) is 19.8 Å². The van der Waals surface area contributed by atoms with Crippen molar-refractivity contribution in [1.29, 1.82) is 0 Å². The van der Waals surface area contributed by atoms with Crippen molar-refractivity contribution in [3.05, 3.63) is 54.1 Å². The number of carbonyl (C=O) groups is 2. The summed E-state index contributed by atoms with van der Waals surface area (Å²) in [6.07, 6.45) is -0.800. The van der Waals surface area contributed by atoms with Gasteiger partial charge in [-0.25, -0.2) is 4.79 Å². The lowest BCUT2D eigenvalue weighted by molar-refractivity contribution is -0.141. The summed E-state index contributed by atoms with van der Waals surface area (Å²) < 4.78 is 5.43. The fourth-order valence-electron chi connectivity index (χ4n) is 3.31. The van der Waals surface area contributed by atoms with Crippen LogP contribution >= 0.6 is 0 Å². The minimum atomic E-state index is -1.12. The highest BCUT2D eigenvalue weighted by Gasteiger charge is 2.39. The molecule has 1 amide bonds. The molecule has 0 radical (unpaired) electrons. The van der Waals surface area contributed by atoms with Gasteiger partial charge >= 0.3 is 5.97 Å². The molecule has 132 valence electrons. The molecule has 0 saturated carbocycles. The van der Waals surface area contributed by atoms with Gasteiger partial charge in [-0.2, -0.15) is 0 Å². The number of carboxylic acid groups (broad SMARTS) is 1. The summed E-state index contributed by atoms with van der Waals surface area (Å²) in [5.41, 5.74) is 1.77. The lowest BCUT2D eigenvalue weighted by Crippen LogP contribution is -2.40. The Bertz CT molecular complexity index is 982. The van der Waals surface area contributed by atoms with Gasteiger partial charge in [-0.15, -0.1) is 0 Å². The van der Waals surface area contributed by atoms with Crippen molar-refractivity contribution in [3.8, 4) is 11.3 Å². The average Bonchev–Trinajstić information content (AvgIpc) is 3.25. The van der Waals surface area contributed by atoms with Gasteiger partial charge in [-0.1, -0.05) is 35.5 Å². The monoisotopic (exact) mass is 352 g/mol. The number of carboxylic acids is 1. The van der Waals surface area contributed by atoms with Crippen LogP contribution in [-0.4, -0.2) is 50.8 Å². The maximum Gasteiger partial charge on any atom is 0.326 e. The van der Waals surface area contributed by atoms with Crippen molar-refractivity contribution in [2.45, 2.75) is 18.6 Å². The van der Waals surface area contributed by atoms with Crippen LogP contribution in [0.5, 0.6) is 0 Å². The molecule has 0 aliphatic carbocycles. The first kappa shape index (κ1) is 16.3. The summed E-state index contributed by atoms with van der Waals surface area (Å²) in [6.45, 7) is 0.00299. The van der Waals surface area contributed by atoms with Crippen LogP contribution < -0.4 is 0 Å². The summed E-state index contributed by atoms with van der Waals surface area (Å²) in [6, 6.07) is 13.3. The molecule has 0 bridgehead atoms. The summed E-state index contributed by atoms with van der Waals surface area (Å²) in [4.78, 5) is 25.4. The van der Waals surface area contributed by atoms with Crippen LogP contribution in [0.2, 0.25) is 0 Å². The van der Waals surface area contributed by atoms with Crippen molar-refractivity contribution in [3.63, 3.8) is 0 Å². The number of aliphatic hydroxyl groups excluding tert-OH is 1. The smallest absolute Gasteiger partial charge is 0.326 e. The fraction of sp³-hybridized carbons (Fsp3) is 0.211. The van der Waals surface area contributed by atoms with E-state index in [1.54, 1.807) is 18.2 Å². The normalized spacial score (nSPS) is 19.8. The van der Waals surface area contributed by atoms with E-state index in [2.05, 4.69) is 5.16 Å². The fourth-order valence-corrected chi connectivity index (χ4v) is 3.31. The predicted molar refractivity (Wildman–Crippen MR) is 92.5 cm³/mol. The second-order valence-electron chi connectivity index (χ2n) is 6.31. The van der Waals surface area contributed by atoms with Crippen LogP contribution in [0.3, 0.4) is 0 Å². The molecule has 1 saturated heterocycles. The molecule has 1 unspecified atom stereocenters. The van der Waals surface area contributed by atoms with E-state index in [-0.39, 0.29) is 13.0 Å². The van der Waals surface area contributed by atoms with Gasteiger partial charge in [0.15, 0.2) is 5.76 Å². The van der Waals surface area contributed by atoms with E-state index in [4.69, 9.17) is 4.52 Å². The predicted octanol–water partition coefficient (Wildman–Crippen LogP) is 2.15. The summed E-state index contributed by atoms with van der Waals surface area (Å²) >= 11 is 0. The number of aliphatic hydroxyl groups is 1. The average molecular weight is 352 g/mol. The van der Waals surface area contributed by atoms with Crippen molar-refractivity contribution in [2.24, 2.45) is 0 Å². The Hall–Kier alpha value is -3.19. The number of amides is 1. The molecule has 2 N–H and O–H groups in total. The number of rotatable bonds is 3. The third kappa shape index (κ3) is 2.72. The Morgan fingerprint density at radius 2 is 1.92 bits per heavy atom. The van der Waals surface area contributed by atoms with Crippen LogP contribution in [0.4, 0.5) is 0 Å². The van der Waals surface area contributed by atoms with E-state index < -0.39 is 24.0 Å². The van der Waals surface area contributed by atoms with E-state index in [1.165, 1.54) is 4.90 Å². The zero-order valence-corrected chi connectivity index (χ0v) is 13.7. The van der Waals surface area contributed by atoms with Gasteiger partial charge < -0.3 is 19.6 Å². The Kier molecular flexibility index (Phi) is 3.93. The number of carbonyl (C=O) groups excluding carboxylic acids is 1. The van der Waals surface area contributed by atoms with E-state index in [0.717, 1.165) is 5.56 Å². The molecule has 1 fully saturated rings. The first-order valence-corrected chi connectivity index (χ1v) is 8.21. The van der Waals surface area contributed by atoms with Crippen LogP contribution in [0.15, 0.2) is 53.1 Å². The van der Waals surface area contributed by atoms with E-state index in [0.29, 0.717) is 22.2 Å². The number of nitrogens with zero attached hydrogens (tertiary/aromatic N) is 2. The molecular weight excluding hydrogens is 336 g/mol. The Labute approximate surface area is 148 Å². The molecule has 1 aliphatic rings. The number of fused-ring (bicyclic) bond motifs is 1. The van der Waals surface area contributed by atoms with Gasteiger partial charge in [0.05, 0.1) is 11.5 Å². The Morgan fingerprint density at radius 3 is 2.65 bits per heavy atom. The number of aliphatic carboxylic acids is 1. The number of β-amino-alcohol motifs (C(OH)–C–C–N with tert-alkyl or cyclic N) is 1. The molecule has 1 aliphatic heterocycles. The quantitative estimate of drug-likeness (QED) is 0.748. The highest BCUT2D eigenvalue weighted by Crippen LogP contribution is 2.30. The second kappa shape index (κ2) is 6.27. The van der Waals surface area contributed by atoms with Crippen molar-refractivity contribution >= 4 is 22.8 Å². The SMILES string of the molecule is O=C(O)[C@@H]1CC(O)CN1C(=O)c1ccc2noc(-c3ccccc3)c2c1. The minimum Gasteiger partial charge on any atom is -0.480 e. The molecule has 2 atom stereocenters. The largest absolute Gasteiger partial charge is 0.480 e. The molecule has 0 spiro atoms. The number of hydrogen-bond donors (Lipinski definition) is 2. The molecule has 7 nitrogen and oxygen atoms in total. The molecule has 4 rings (SSSR count). The van der Waals surface area contributed by atoms with E-state index >= 15 is 0 Å². The third-order valence-corrected chi connectivity index (χ3v) is 4.58. The van der Waals surface area contributed by atoms with Crippen LogP contribution in [0.1, 0.15) is 16.8 Å². The van der Waals surface area contributed by atoms with Gasteiger partial charge in [0.1, 0.15) is 11.6 Å². The highest BCUT2D eigenvalue weighted by atomic mass is 16.5. The molecule has 2 heterocycles. The molecule has 2 aromatic carbocycles. The first-order valence-electron chi connectivity index (χ1n) is 8.21. The summed E-state index contributed by atoms with van der Waals surface area (Å²) in [7, 11) is 0. The van der Waals surface area contributed by atoms with Crippen molar-refractivity contribution in [1.82, 2.24) is 10.1 Å². The molecule has 1 aromatic heterocycles. The van der Waals surface area contributed by atoms with Crippen LogP contribution in [0, 0.1) is 0 Å². The van der Waals surface area contributed by atoms with Gasteiger partial charge in [0.2, 0.25) is 0 Å². The number of hydrogen-bond acceptors (Lipinski definition) is 5. The van der Waals surface area contributed by atoms with E-state index in [1.807, 2.05) is 30.3 Å². The molecule has 26 heavy (non-hydrogen) atoms. The lowest BCUT2D eigenvalue weighted by atomic mass is 10.1. The standard InChI is InChI=1S/C19H16N2O5/c22-13-9-16(19(24)25)21(10-13)18(23)12-6-7-15-14(8-12)17(26-20-15)11-4-2-1-3-5-11/h1-8,13,16,22H,9-10H2,(H,24,25)/t13?,16-/m0/s1. The second-order valence-corrected chi connectivity index (χ2v) is 6.31. The number of aromatic nitrogens is 1. The Morgan fingerprint density at radius 1 is 1.15 bits per heavy atom. The zero-order valence-electron chi connectivity index (χ0n) is 13.7. The Balaban J connectivity index is 1.73. The maximum absolute atomic E-state index is 12.8. The highest BCUT2D eigenvalue weighted by molar-refractivity contribution is 6.02. The van der Waals surface area contributed by atoms with Crippen LogP contribution in [-0.2, 0) is 4.79 Å². The van der Waals surface area contributed by atoms with Crippen LogP contribution in [0.25, 0.3) is 22.2 Å². The molecular formula is C19H16N2O5. The number of benzene rings is 2. The van der Waals surface area contributed by atoms with Crippen molar-refractivity contribution < 1.29 is 24.3 Å². The summed E-state index contributed by atoms with van der Waals surface area (Å²) in [5, 5.41) is 23.8. The van der Waals surface area contributed by atoms with Crippen molar-refractivity contribution in [2.75, 3.05) is 6.54 Å². The lowest BCUT2D eigenvalue weighted by Gasteiger charge is -2.21.